The standard InChI is InChI=1S/C18H24N4O/c1-14-13-22(10-11-23-14)15-6-8-21(9-7-15)18-12-19-16-4-2-3-5-17(16)20-18/h2-5,12,14-15H,6-11,13H2,1H3. The molecule has 2 aromatic rings. The lowest BCUT2D eigenvalue weighted by atomic mass is 10.0. The van der Waals surface area contributed by atoms with Crippen LogP contribution in [-0.2, 0) is 4.74 Å². The summed E-state index contributed by atoms with van der Waals surface area (Å²) in [5.41, 5.74) is 1.95. The van der Waals surface area contributed by atoms with Crippen LogP contribution >= 0.6 is 0 Å². The van der Waals surface area contributed by atoms with Crippen molar-refractivity contribution in [1.29, 1.82) is 0 Å². The van der Waals surface area contributed by atoms with Crippen molar-refractivity contribution < 1.29 is 4.74 Å². The molecule has 4 rings (SSSR count). The van der Waals surface area contributed by atoms with E-state index in [2.05, 4.69) is 21.7 Å². The first kappa shape index (κ1) is 14.8. The summed E-state index contributed by atoms with van der Waals surface area (Å²) >= 11 is 0. The first-order valence-electron chi connectivity index (χ1n) is 8.62. The zero-order valence-electron chi connectivity index (χ0n) is 13.7. The number of para-hydroxylation sites is 2. The Kier molecular flexibility index (Phi) is 4.14. The highest BCUT2D eigenvalue weighted by molar-refractivity contribution is 5.75. The normalized spacial score (nSPS) is 24.2. The highest BCUT2D eigenvalue weighted by Gasteiger charge is 2.28. The molecule has 5 nitrogen and oxygen atoms in total. The second kappa shape index (κ2) is 6.42. The number of hydrogen-bond acceptors (Lipinski definition) is 5. The number of benzene rings is 1. The molecule has 1 unspecified atom stereocenters. The zero-order chi connectivity index (χ0) is 15.6. The molecule has 0 aliphatic carbocycles. The number of piperidine rings is 1. The maximum absolute atomic E-state index is 5.66. The molecule has 3 heterocycles. The van der Waals surface area contributed by atoms with Crippen LogP contribution in [0.1, 0.15) is 19.8 Å². The molecule has 122 valence electrons. The third kappa shape index (κ3) is 3.16. The minimum atomic E-state index is 0.369. The number of ether oxygens (including phenoxy) is 1. The van der Waals surface area contributed by atoms with Crippen molar-refractivity contribution in [3.8, 4) is 0 Å². The number of aromatic nitrogens is 2. The van der Waals surface area contributed by atoms with E-state index in [4.69, 9.17) is 9.72 Å². The molecule has 2 saturated heterocycles. The number of hydrogen-bond donors (Lipinski definition) is 0. The Morgan fingerprint density at radius 2 is 1.87 bits per heavy atom. The Hall–Kier alpha value is -1.72. The lowest BCUT2D eigenvalue weighted by molar-refractivity contribution is -0.0373. The molecule has 0 amide bonds. The summed E-state index contributed by atoms with van der Waals surface area (Å²) < 4.78 is 5.66. The van der Waals surface area contributed by atoms with Gasteiger partial charge in [-0.3, -0.25) is 9.88 Å². The van der Waals surface area contributed by atoms with Crippen LogP contribution in [0.4, 0.5) is 5.82 Å². The van der Waals surface area contributed by atoms with Crippen LogP contribution < -0.4 is 4.90 Å². The van der Waals surface area contributed by atoms with Gasteiger partial charge in [0.25, 0.3) is 0 Å². The predicted molar refractivity (Wildman–Crippen MR) is 91.8 cm³/mol. The van der Waals surface area contributed by atoms with Crippen molar-refractivity contribution in [2.24, 2.45) is 0 Å². The number of nitrogens with zero attached hydrogens (tertiary/aromatic N) is 4. The van der Waals surface area contributed by atoms with Crippen LogP contribution in [0.25, 0.3) is 11.0 Å². The van der Waals surface area contributed by atoms with Gasteiger partial charge < -0.3 is 9.64 Å². The van der Waals surface area contributed by atoms with Crippen LogP contribution in [-0.4, -0.2) is 59.8 Å². The SMILES string of the molecule is CC1CN(C2CCN(c3cnc4ccccc4n3)CC2)CCO1. The van der Waals surface area contributed by atoms with Crippen molar-refractivity contribution in [3.05, 3.63) is 30.5 Å². The number of anilines is 1. The van der Waals surface area contributed by atoms with Crippen LogP contribution in [0.15, 0.2) is 30.5 Å². The fourth-order valence-corrected chi connectivity index (χ4v) is 3.74. The lowest BCUT2D eigenvalue weighted by Crippen LogP contribution is -2.51. The van der Waals surface area contributed by atoms with E-state index in [9.17, 15) is 0 Å². The maximum Gasteiger partial charge on any atom is 0.147 e. The topological polar surface area (TPSA) is 41.5 Å². The van der Waals surface area contributed by atoms with Crippen LogP contribution in [0.2, 0.25) is 0 Å². The number of fused-ring (bicyclic) bond motifs is 1. The highest BCUT2D eigenvalue weighted by atomic mass is 16.5. The molecule has 2 fully saturated rings. The molecule has 0 bridgehead atoms. The molecule has 0 saturated carbocycles. The van der Waals surface area contributed by atoms with E-state index in [-0.39, 0.29) is 0 Å². The molecule has 0 N–H and O–H groups in total. The van der Waals surface area contributed by atoms with Gasteiger partial charge in [0, 0.05) is 32.2 Å². The third-order valence-electron chi connectivity index (χ3n) is 5.01. The molecule has 2 aliphatic rings. The molecular formula is C18H24N4O. The summed E-state index contributed by atoms with van der Waals surface area (Å²) in [7, 11) is 0. The third-order valence-corrected chi connectivity index (χ3v) is 5.01. The van der Waals surface area contributed by atoms with Crippen molar-refractivity contribution >= 4 is 16.9 Å². The summed E-state index contributed by atoms with van der Waals surface area (Å²) in [6.45, 7) is 7.31. The van der Waals surface area contributed by atoms with E-state index >= 15 is 0 Å². The Morgan fingerprint density at radius 1 is 1.09 bits per heavy atom. The lowest BCUT2D eigenvalue weighted by Gasteiger charge is -2.41. The van der Waals surface area contributed by atoms with Gasteiger partial charge in [-0.05, 0) is 31.9 Å². The van der Waals surface area contributed by atoms with Gasteiger partial charge in [0.1, 0.15) is 5.82 Å². The van der Waals surface area contributed by atoms with Gasteiger partial charge in [-0.25, -0.2) is 4.98 Å². The fourth-order valence-electron chi connectivity index (χ4n) is 3.74. The first-order valence-corrected chi connectivity index (χ1v) is 8.62. The van der Waals surface area contributed by atoms with E-state index in [1.54, 1.807) is 0 Å². The molecule has 1 aromatic heterocycles. The van der Waals surface area contributed by atoms with Crippen molar-refractivity contribution in [2.45, 2.75) is 31.9 Å². The quantitative estimate of drug-likeness (QED) is 0.851. The van der Waals surface area contributed by atoms with Crippen molar-refractivity contribution in [2.75, 3.05) is 37.7 Å². The molecule has 0 spiro atoms. The van der Waals surface area contributed by atoms with Gasteiger partial charge in [-0.2, -0.15) is 0 Å². The monoisotopic (exact) mass is 312 g/mol. The number of rotatable bonds is 2. The average Bonchev–Trinajstić information content (AvgIpc) is 2.61. The molecule has 2 aliphatic heterocycles. The smallest absolute Gasteiger partial charge is 0.147 e. The molecule has 1 atom stereocenters. The summed E-state index contributed by atoms with van der Waals surface area (Å²) in [6.07, 6.45) is 4.68. The van der Waals surface area contributed by atoms with Gasteiger partial charge >= 0.3 is 0 Å². The second-order valence-corrected chi connectivity index (χ2v) is 6.61. The van der Waals surface area contributed by atoms with Gasteiger partial charge in [0.2, 0.25) is 0 Å². The summed E-state index contributed by atoms with van der Waals surface area (Å²) in [5, 5.41) is 0. The van der Waals surface area contributed by atoms with Crippen molar-refractivity contribution in [3.63, 3.8) is 0 Å². The molecule has 23 heavy (non-hydrogen) atoms. The molecule has 5 heteroatoms. The van der Waals surface area contributed by atoms with Gasteiger partial charge in [0.05, 0.1) is 29.9 Å². The Labute approximate surface area is 137 Å². The van der Waals surface area contributed by atoms with Crippen LogP contribution in [0.5, 0.6) is 0 Å². The van der Waals surface area contributed by atoms with Crippen molar-refractivity contribution in [1.82, 2.24) is 14.9 Å². The zero-order valence-corrected chi connectivity index (χ0v) is 13.7. The van der Waals surface area contributed by atoms with Gasteiger partial charge in [0.15, 0.2) is 0 Å². The predicted octanol–water partition coefficient (Wildman–Crippen LogP) is 2.32. The van der Waals surface area contributed by atoms with E-state index < -0.39 is 0 Å². The second-order valence-electron chi connectivity index (χ2n) is 6.61. The molecule has 0 radical (unpaired) electrons. The average molecular weight is 312 g/mol. The Balaban J connectivity index is 1.42. The number of morpholine rings is 1. The highest BCUT2D eigenvalue weighted by Crippen LogP contribution is 2.23. The van der Waals surface area contributed by atoms with E-state index in [1.165, 1.54) is 12.8 Å². The van der Waals surface area contributed by atoms with Gasteiger partial charge in [-0.1, -0.05) is 12.1 Å². The van der Waals surface area contributed by atoms with E-state index in [0.717, 1.165) is 49.6 Å². The fraction of sp³-hybridized carbons (Fsp3) is 0.556. The summed E-state index contributed by atoms with van der Waals surface area (Å²) in [6, 6.07) is 8.76. The Bertz CT molecular complexity index is 669. The van der Waals surface area contributed by atoms with E-state index in [1.807, 2.05) is 30.5 Å². The van der Waals surface area contributed by atoms with Gasteiger partial charge in [-0.15, -0.1) is 0 Å². The first-order chi connectivity index (χ1) is 11.3. The minimum absolute atomic E-state index is 0.369. The van der Waals surface area contributed by atoms with E-state index in [0.29, 0.717) is 12.1 Å². The summed E-state index contributed by atoms with van der Waals surface area (Å²) in [5.74, 6) is 1.01. The molecule has 1 aromatic carbocycles. The van der Waals surface area contributed by atoms with Crippen LogP contribution in [0, 0.1) is 0 Å². The largest absolute Gasteiger partial charge is 0.376 e. The maximum atomic E-state index is 5.66. The van der Waals surface area contributed by atoms with Crippen LogP contribution in [0.3, 0.4) is 0 Å². The minimum Gasteiger partial charge on any atom is -0.376 e. The Morgan fingerprint density at radius 3 is 2.65 bits per heavy atom. The molecular weight excluding hydrogens is 288 g/mol. The summed E-state index contributed by atoms with van der Waals surface area (Å²) in [4.78, 5) is 14.3.